The van der Waals surface area contributed by atoms with Crippen LogP contribution in [0, 0.1) is 6.92 Å². The van der Waals surface area contributed by atoms with E-state index in [1.54, 1.807) is 0 Å². The minimum atomic E-state index is 0.183. The van der Waals surface area contributed by atoms with Crippen LogP contribution in [0.3, 0.4) is 0 Å². The van der Waals surface area contributed by atoms with Crippen molar-refractivity contribution in [2.75, 3.05) is 37.0 Å². The number of fused-ring (bicyclic) bond motifs is 2. The van der Waals surface area contributed by atoms with Gasteiger partial charge in [-0.15, -0.1) is 0 Å². The van der Waals surface area contributed by atoms with Gasteiger partial charge in [-0.25, -0.2) is 0 Å². The number of hydrogen-bond acceptors (Lipinski definition) is 2. The van der Waals surface area contributed by atoms with E-state index in [4.69, 9.17) is 0 Å². The van der Waals surface area contributed by atoms with Crippen molar-refractivity contribution in [3.63, 3.8) is 0 Å². The standard InChI is InChI=1S/C26H26Br2N2/c1-16-6-4-5-7-17(16)24(20-8-10-22-18(25(20)27)12-14-29(22)2)21-9-11-23-19(26(21)28)13-15-30(23)3/h4-11,24H,12-15H2,1-3H3. The molecule has 2 heterocycles. The maximum absolute atomic E-state index is 4.03. The van der Waals surface area contributed by atoms with E-state index in [2.05, 4.69) is 111 Å². The Hall–Kier alpha value is -1.78. The average molecular weight is 526 g/mol. The highest BCUT2D eigenvalue weighted by atomic mass is 79.9. The van der Waals surface area contributed by atoms with Crippen molar-refractivity contribution in [1.82, 2.24) is 0 Å². The van der Waals surface area contributed by atoms with Gasteiger partial charge in [-0.1, -0.05) is 68.3 Å². The third-order valence-electron chi connectivity index (χ3n) is 6.84. The highest BCUT2D eigenvalue weighted by Crippen LogP contribution is 2.47. The zero-order chi connectivity index (χ0) is 21.0. The molecular formula is C26H26Br2N2. The molecule has 0 fully saturated rings. The van der Waals surface area contributed by atoms with E-state index in [1.807, 2.05) is 0 Å². The van der Waals surface area contributed by atoms with Gasteiger partial charge in [0, 0.05) is 53.4 Å². The number of likely N-dealkylation sites (N-methyl/N-ethyl adjacent to an activating group) is 2. The molecule has 3 aromatic carbocycles. The third kappa shape index (κ3) is 3.11. The molecule has 0 spiro atoms. The lowest BCUT2D eigenvalue weighted by Crippen LogP contribution is -2.13. The molecule has 3 aromatic rings. The van der Waals surface area contributed by atoms with E-state index in [-0.39, 0.29) is 5.92 Å². The first kappa shape index (κ1) is 20.1. The van der Waals surface area contributed by atoms with Gasteiger partial charge in [0.2, 0.25) is 0 Å². The van der Waals surface area contributed by atoms with E-state index in [1.165, 1.54) is 53.7 Å². The third-order valence-corrected chi connectivity index (χ3v) is 8.71. The maximum Gasteiger partial charge on any atom is 0.0408 e. The molecule has 0 N–H and O–H groups in total. The van der Waals surface area contributed by atoms with Crippen LogP contribution in [0.5, 0.6) is 0 Å². The molecule has 2 aliphatic rings. The fraction of sp³-hybridized carbons (Fsp3) is 0.308. The molecule has 4 heteroatoms. The molecule has 0 unspecified atom stereocenters. The summed E-state index contributed by atoms with van der Waals surface area (Å²) in [4.78, 5) is 4.71. The van der Waals surface area contributed by atoms with Gasteiger partial charge in [0.05, 0.1) is 0 Å². The van der Waals surface area contributed by atoms with Crippen LogP contribution in [0.4, 0.5) is 11.4 Å². The van der Waals surface area contributed by atoms with Crippen molar-refractivity contribution in [3.8, 4) is 0 Å². The Balaban J connectivity index is 1.74. The minimum Gasteiger partial charge on any atom is -0.374 e. The lowest BCUT2D eigenvalue weighted by molar-refractivity contribution is 0.931. The largest absolute Gasteiger partial charge is 0.374 e. The number of nitrogens with zero attached hydrogens (tertiary/aromatic N) is 2. The van der Waals surface area contributed by atoms with Gasteiger partial charge in [-0.2, -0.15) is 0 Å². The number of rotatable bonds is 3. The topological polar surface area (TPSA) is 6.48 Å². The Morgan fingerprint density at radius 1 is 0.700 bits per heavy atom. The molecular weight excluding hydrogens is 500 g/mol. The van der Waals surface area contributed by atoms with Gasteiger partial charge in [-0.05, 0) is 65.3 Å². The lowest BCUT2D eigenvalue weighted by atomic mass is 9.81. The summed E-state index contributed by atoms with van der Waals surface area (Å²) in [6.45, 7) is 4.40. The summed E-state index contributed by atoms with van der Waals surface area (Å²) in [7, 11) is 4.37. The smallest absolute Gasteiger partial charge is 0.0408 e. The fourth-order valence-corrected chi connectivity index (χ4v) is 6.63. The van der Waals surface area contributed by atoms with Crippen molar-refractivity contribution < 1.29 is 0 Å². The highest BCUT2D eigenvalue weighted by molar-refractivity contribution is 9.11. The second kappa shape index (κ2) is 7.72. The second-order valence-electron chi connectivity index (χ2n) is 8.57. The molecule has 0 atom stereocenters. The summed E-state index contributed by atoms with van der Waals surface area (Å²) >= 11 is 8.05. The van der Waals surface area contributed by atoms with Crippen molar-refractivity contribution in [1.29, 1.82) is 0 Å². The van der Waals surface area contributed by atoms with Crippen molar-refractivity contribution in [2.24, 2.45) is 0 Å². The number of aryl methyl sites for hydroxylation is 1. The van der Waals surface area contributed by atoms with Crippen LogP contribution in [-0.4, -0.2) is 27.2 Å². The average Bonchev–Trinajstić information content (AvgIpc) is 3.30. The highest BCUT2D eigenvalue weighted by Gasteiger charge is 2.29. The molecule has 0 amide bonds. The van der Waals surface area contributed by atoms with E-state index in [9.17, 15) is 0 Å². The van der Waals surface area contributed by atoms with Crippen LogP contribution < -0.4 is 9.80 Å². The summed E-state index contributed by atoms with van der Waals surface area (Å²) in [6.07, 6.45) is 2.19. The molecule has 0 aliphatic carbocycles. The van der Waals surface area contributed by atoms with E-state index in [0.717, 1.165) is 25.9 Å². The summed E-state index contributed by atoms with van der Waals surface area (Å²) in [5, 5.41) is 0. The van der Waals surface area contributed by atoms with Gasteiger partial charge in [0.1, 0.15) is 0 Å². The van der Waals surface area contributed by atoms with Crippen LogP contribution >= 0.6 is 31.9 Å². The molecule has 5 rings (SSSR count). The first-order chi connectivity index (χ1) is 14.5. The molecule has 30 heavy (non-hydrogen) atoms. The van der Waals surface area contributed by atoms with E-state index < -0.39 is 0 Å². The van der Waals surface area contributed by atoms with Crippen LogP contribution in [0.2, 0.25) is 0 Å². The Kier molecular flexibility index (Phi) is 5.19. The van der Waals surface area contributed by atoms with Gasteiger partial charge in [-0.3, -0.25) is 0 Å². The fourth-order valence-electron chi connectivity index (χ4n) is 5.11. The van der Waals surface area contributed by atoms with Crippen molar-refractivity contribution >= 4 is 43.2 Å². The predicted molar refractivity (Wildman–Crippen MR) is 134 cm³/mol. The molecule has 154 valence electrons. The Morgan fingerprint density at radius 3 is 1.70 bits per heavy atom. The second-order valence-corrected chi connectivity index (χ2v) is 10.2. The Bertz CT molecular complexity index is 1070. The molecule has 2 nitrogen and oxygen atoms in total. The summed E-state index contributed by atoms with van der Waals surface area (Å²) in [5.74, 6) is 0.183. The summed E-state index contributed by atoms with van der Waals surface area (Å²) in [5.41, 5.74) is 11.0. The van der Waals surface area contributed by atoms with E-state index in [0.29, 0.717) is 0 Å². The van der Waals surface area contributed by atoms with Crippen molar-refractivity contribution in [3.05, 3.63) is 90.9 Å². The minimum absolute atomic E-state index is 0.183. The van der Waals surface area contributed by atoms with Crippen LogP contribution in [0.15, 0.2) is 57.5 Å². The first-order valence-electron chi connectivity index (χ1n) is 10.6. The predicted octanol–water partition coefficient (Wildman–Crippen LogP) is 6.68. The maximum atomic E-state index is 4.03. The monoisotopic (exact) mass is 524 g/mol. The molecule has 0 saturated heterocycles. The molecule has 0 saturated carbocycles. The zero-order valence-corrected chi connectivity index (χ0v) is 20.8. The van der Waals surface area contributed by atoms with Gasteiger partial charge in [0.25, 0.3) is 0 Å². The molecule has 0 bridgehead atoms. The lowest BCUT2D eigenvalue weighted by Gasteiger charge is -2.26. The molecule has 2 aliphatic heterocycles. The van der Waals surface area contributed by atoms with Gasteiger partial charge in [0.15, 0.2) is 0 Å². The number of anilines is 2. The summed E-state index contributed by atoms with van der Waals surface area (Å²) < 4.78 is 2.53. The van der Waals surface area contributed by atoms with Crippen LogP contribution in [0.25, 0.3) is 0 Å². The zero-order valence-electron chi connectivity index (χ0n) is 17.7. The summed E-state index contributed by atoms with van der Waals surface area (Å²) in [6, 6.07) is 18.1. The number of halogens is 2. The molecule has 0 aromatic heterocycles. The van der Waals surface area contributed by atoms with Gasteiger partial charge >= 0.3 is 0 Å². The number of hydrogen-bond donors (Lipinski definition) is 0. The number of benzene rings is 3. The van der Waals surface area contributed by atoms with Gasteiger partial charge < -0.3 is 9.80 Å². The van der Waals surface area contributed by atoms with Crippen LogP contribution in [-0.2, 0) is 12.8 Å². The first-order valence-corrected chi connectivity index (χ1v) is 12.2. The Labute approximate surface area is 196 Å². The molecule has 0 radical (unpaired) electrons. The SMILES string of the molecule is Cc1ccccc1C(c1ccc2c(c1Br)CCN2C)c1ccc2c(c1Br)CCN2C. The normalized spacial score (nSPS) is 15.1. The van der Waals surface area contributed by atoms with Crippen LogP contribution in [0.1, 0.15) is 39.3 Å². The Morgan fingerprint density at radius 2 is 1.20 bits per heavy atom. The quantitative estimate of drug-likeness (QED) is 0.352. The van der Waals surface area contributed by atoms with Crippen molar-refractivity contribution in [2.45, 2.75) is 25.7 Å². The van der Waals surface area contributed by atoms with E-state index >= 15 is 0 Å².